The summed E-state index contributed by atoms with van der Waals surface area (Å²) in [6, 6.07) is 7.06. The van der Waals surface area contributed by atoms with Gasteiger partial charge >= 0.3 is 5.97 Å². The predicted octanol–water partition coefficient (Wildman–Crippen LogP) is 2.45. The van der Waals surface area contributed by atoms with E-state index in [-0.39, 0.29) is 15.6 Å². The number of ketones is 1. The summed E-state index contributed by atoms with van der Waals surface area (Å²) in [4.78, 5) is 21.7. The molecule has 6 nitrogen and oxygen atoms in total. The van der Waals surface area contributed by atoms with Gasteiger partial charge in [-0.2, -0.15) is 0 Å². The Morgan fingerprint density at radius 1 is 1.19 bits per heavy atom. The van der Waals surface area contributed by atoms with Gasteiger partial charge < -0.3 is 5.11 Å². The Morgan fingerprint density at radius 3 is 2.29 bits per heavy atom. The van der Waals surface area contributed by atoms with Gasteiger partial charge in [0.2, 0.25) is 0 Å². The molecule has 0 saturated carbocycles. The number of Topliss-reactive ketones (excluding diaryl/α,β-unsaturated/α-hetero) is 1. The first kappa shape index (κ1) is 15.2. The highest BCUT2D eigenvalue weighted by molar-refractivity contribution is 7.92. The van der Waals surface area contributed by atoms with Crippen LogP contribution in [0.3, 0.4) is 0 Å². The Hall–Kier alpha value is -2.19. The largest absolute Gasteiger partial charge is 0.477 e. The standard InChI is InChI=1S/C13H11NO5S2/c1-8(15)9-2-4-10(5-3-9)14-21(18,19)11-6-12(13(16)17)20-7-11/h2-7,14H,1H3,(H,16,17). The summed E-state index contributed by atoms with van der Waals surface area (Å²) < 4.78 is 26.5. The van der Waals surface area contributed by atoms with Crippen molar-refractivity contribution < 1.29 is 23.1 Å². The molecule has 1 heterocycles. The molecule has 0 unspecified atom stereocenters. The van der Waals surface area contributed by atoms with Gasteiger partial charge in [-0.05, 0) is 37.3 Å². The van der Waals surface area contributed by atoms with E-state index in [0.29, 0.717) is 11.3 Å². The number of hydrogen-bond donors (Lipinski definition) is 2. The van der Waals surface area contributed by atoms with Crippen molar-refractivity contribution in [1.29, 1.82) is 0 Å². The molecule has 0 bridgehead atoms. The smallest absolute Gasteiger partial charge is 0.345 e. The SMILES string of the molecule is CC(=O)c1ccc(NS(=O)(=O)c2csc(C(=O)O)c2)cc1. The third kappa shape index (κ3) is 3.47. The lowest BCUT2D eigenvalue weighted by Crippen LogP contribution is -2.12. The lowest BCUT2D eigenvalue weighted by Gasteiger charge is -2.06. The van der Waals surface area contributed by atoms with Crippen molar-refractivity contribution in [3.8, 4) is 0 Å². The van der Waals surface area contributed by atoms with Crippen molar-refractivity contribution in [2.45, 2.75) is 11.8 Å². The van der Waals surface area contributed by atoms with Crippen molar-refractivity contribution in [1.82, 2.24) is 0 Å². The number of anilines is 1. The first-order valence-electron chi connectivity index (χ1n) is 5.75. The molecule has 2 aromatic rings. The molecular weight excluding hydrogens is 314 g/mol. The third-order valence-electron chi connectivity index (χ3n) is 2.64. The zero-order chi connectivity index (χ0) is 15.6. The van der Waals surface area contributed by atoms with Crippen LogP contribution in [0.25, 0.3) is 0 Å². The number of carbonyl (C=O) groups is 2. The summed E-state index contributed by atoms with van der Waals surface area (Å²) in [6.45, 7) is 1.41. The highest BCUT2D eigenvalue weighted by Gasteiger charge is 2.18. The normalized spacial score (nSPS) is 11.1. The molecule has 0 aliphatic heterocycles. The van der Waals surface area contributed by atoms with Gasteiger partial charge in [-0.25, -0.2) is 13.2 Å². The zero-order valence-corrected chi connectivity index (χ0v) is 12.5. The van der Waals surface area contributed by atoms with Gasteiger partial charge in [0.1, 0.15) is 4.88 Å². The summed E-state index contributed by atoms with van der Waals surface area (Å²) in [7, 11) is -3.85. The molecule has 0 aliphatic rings. The maximum atomic E-state index is 12.1. The Balaban J connectivity index is 2.24. The molecule has 21 heavy (non-hydrogen) atoms. The Labute approximate surface area is 125 Å². The van der Waals surface area contributed by atoms with Crippen molar-refractivity contribution in [3.05, 3.63) is 46.2 Å². The lowest BCUT2D eigenvalue weighted by atomic mass is 10.1. The van der Waals surface area contributed by atoms with Crippen molar-refractivity contribution in [3.63, 3.8) is 0 Å². The highest BCUT2D eigenvalue weighted by atomic mass is 32.2. The predicted molar refractivity (Wildman–Crippen MR) is 78.5 cm³/mol. The number of rotatable bonds is 5. The van der Waals surface area contributed by atoms with Crippen LogP contribution in [0, 0.1) is 0 Å². The van der Waals surface area contributed by atoms with Crippen LogP contribution in [0.1, 0.15) is 27.0 Å². The molecule has 0 amide bonds. The van der Waals surface area contributed by atoms with Crippen LogP contribution in [-0.4, -0.2) is 25.3 Å². The van der Waals surface area contributed by atoms with Gasteiger partial charge in [0, 0.05) is 16.6 Å². The summed E-state index contributed by atoms with van der Waals surface area (Å²) in [6.07, 6.45) is 0. The number of nitrogens with one attached hydrogen (secondary N) is 1. The minimum Gasteiger partial charge on any atom is -0.477 e. The van der Waals surface area contributed by atoms with E-state index < -0.39 is 16.0 Å². The van der Waals surface area contributed by atoms with Crippen LogP contribution in [-0.2, 0) is 10.0 Å². The molecule has 1 aromatic heterocycles. The molecule has 0 fully saturated rings. The van der Waals surface area contributed by atoms with Crippen LogP contribution in [0.5, 0.6) is 0 Å². The molecular formula is C13H11NO5S2. The molecule has 0 spiro atoms. The van der Waals surface area contributed by atoms with Crippen LogP contribution in [0.2, 0.25) is 0 Å². The van der Waals surface area contributed by atoms with E-state index in [1.54, 1.807) is 0 Å². The van der Waals surface area contributed by atoms with Crippen LogP contribution in [0.15, 0.2) is 40.6 Å². The lowest BCUT2D eigenvalue weighted by molar-refractivity contribution is 0.0701. The minimum atomic E-state index is -3.85. The van der Waals surface area contributed by atoms with E-state index >= 15 is 0 Å². The van der Waals surface area contributed by atoms with Gasteiger partial charge in [0.15, 0.2) is 5.78 Å². The summed E-state index contributed by atoms with van der Waals surface area (Å²) in [5.41, 5.74) is 0.768. The van der Waals surface area contributed by atoms with Crippen molar-refractivity contribution >= 4 is 38.8 Å². The molecule has 0 aliphatic carbocycles. The summed E-state index contributed by atoms with van der Waals surface area (Å²) in [5, 5.41) is 10.1. The van der Waals surface area contributed by atoms with E-state index in [2.05, 4.69) is 4.72 Å². The number of benzene rings is 1. The number of carboxylic acids is 1. The van der Waals surface area contributed by atoms with E-state index in [0.717, 1.165) is 17.4 Å². The van der Waals surface area contributed by atoms with E-state index in [1.165, 1.54) is 36.6 Å². The summed E-state index contributed by atoms with van der Waals surface area (Å²) in [5.74, 6) is -1.29. The minimum absolute atomic E-state index is 0.0534. The van der Waals surface area contributed by atoms with Gasteiger partial charge in [0.05, 0.1) is 4.90 Å². The Kier molecular flexibility index (Phi) is 4.10. The molecule has 2 rings (SSSR count). The Morgan fingerprint density at radius 2 is 1.81 bits per heavy atom. The number of thiophene rings is 1. The highest BCUT2D eigenvalue weighted by Crippen LogP contribution is 2.22. The molecule has 8 heteroatoms. The number of sulfonamides is 1. The second kappa shape index (κ2) is 5.66. The van der Waals surface area contributed by atoms with Crippen LogP contribution >= 0.6 is 11.3 Å². The second-order valence-corrected chi connectivity index (χ2v) is 6.78. The van der Waals surface area contributed by atoms with Crippen LogP contribution in [0.4, 0.5) is 5.69 Å². The fraction of sp³-hybridized carbons (Fsp3) is 0.0769. The van der Waals surface area contributed by atoms with Crippen LogP contribution < -0.4 is 4.72 Å². The first-order chi connectivity index (χ1) is 9.79. The maximum Gasteiger partial charge on any atom is 0.345 e. The average molecular weight is 325 g/mol. The number of aromatic carboxylic acids is 1. The third-order valence-corrected chi connectivity index (χ3v) is 5.07. The maximum absolute atomic E-state index is 12.1. The van der Waals surface area contributed by atoms with Crippen molar-refractivity contribution in [2.75, 3.05) is 4.72 Å². The number of hydrogen-bond acceptors (Lipinski definition) is 5. The molecule has 110 valence electrons. The fourth-order valence-electron chi connectivity index (χ4n) is 1.56. The monoisotopic (exact) mass is 325 g/mol. The molecule has 2 N–H and O–H groups in total. The number of carbonyl (C=O) groups excluding carboxylic acids is 1. The quantitative estimate of drug-likeness (QED) is 0.822. The first-order valence-corrected chi connectivity index (χ1v) is 8.11. The second-order valence-electron chi connectivity index (χ2n) is 4.19. The topological polar surface area (TPSA) is 101 Å². The van der Waals surface area contributed by atoms with E-state index in [4.69, 9.17) is 5.11 Å². The molecule has 0 atom stereocenters. The number of carboxylic acid groups (broad SMARTS) is 1. The van der Waals surface area contributed by atoms with E-state index in [1.807, 2.05) is 0 Å². The molecule has 0 saturated heterocycles. The van der Waals surface area contributed by atoms with Gasteiger partial charge in [-0.3, -0.25) is 9.52 Å². The van der Waals surface area contributed by atoms with E-state index in [9.17, 15) is 18.0 Å². The zero-order valence-electron chi connectivity index (χ0n) is 10.9. The van der Waals surface area contributed by atoms with Crippen molar-refractivity contribution in [2.24, 2.45) is 0 Å². The fourth-order valence-corrected chi connectivity index (χ4v) is 3.73. The summed E-state index contributed by atoms with van der Waals surface area (Å²) >= 11 is 0.838. The molecule has 1 aromatic carbocycles. The Bertz CT molecular complexity index is 790. The average Bonchev–Trinajstić information content (AvgIpc) is 2.89. The van der Waals surface area contributed by atoms with Gasteiger partial charge in [0.25, 0.3) is 10.0 Å². The van der Waals surface area contributed by atoms with Gasteiger partial charge in [-0.15, -0.1) is 11.3 Å². The molecule has 0 radical (unpaired) electrons. The van der Waals surface area contributed by atoms with Gasteiger partial charge in [-0.1, -0.05) is 0 Å².